The number of hydrogen-bond acceptors (Lipinski definition) is 4. The van der Waals surface area contributed by atoms with Crippen molar-refractivity contribution in [2.75, 3.05) is 19.4 Å². The molecule has 0 fully saturated rings. The molecule has 0 radical (unpaired) electrons. The lowest BCUT2D eigenvalue weighted by molar-refractivity contribution is 0.402. The van der Waals surface area contributed by atoms with E-state index in [4.69, 9.17) is 4.74 Å². The van der Waals surface area contributed by atoms with E-state index in [0.717, 1.165) is 29.6 Å². The maximum atomic E-state index is 5.50. The Hall–Kier alpha value is -1.46. The van der Waals surface area contributed by atoms with E-state index in [2.05, 4.69) is 29.4 Å². The number of rotatable bonds is 8. The van der Waals surface area contributed by atoms with Crippen molar-refractivity contribution in [3.05, 3.63) is 42.2 Å². The molecule has 21 heavy (non-hydrogen) atoms. The van der Waals surface area contributed by atoms with E-state index in [1.807, 2.05) is 36.1 Å². The largest absolute Gasteiger partial charge is 0.496 e. The molecule has 1 unspecified atom stereocenters. The molecule has 4 nitrogen and oxygen atoms in total. The molecule has 0 aliphatic rings. The molecular formula is C16H23N3OS. The highest BCUT2D eigenvalue weighted by Crippen LogP contribution is 2.29. The van der Waals surface area contributed by atoms with Crippen LogP contribution >= 0.6 is 11.8 Å². The first-order valence-electron chi connectivity index (χ1n) is 7.22. The average molecular weight is 305 g/mol. The maximum absolute atomic E-state index is 5.50. The van der Waals surface area contributed by atoms with Gasteiger partial charge in [-0.1, -0.05) is 36.9 Å². The Bertz CT molecular complexity index is 556. The molecule has 1 N–H and O–H groups in total. The van der Waals surface area contributed by atoms with Crippen molar-refractivity contribution in [1.82, 2.24) is 14.9 Å². The standard InChI is InChI=1S/C16H23N3OS/c1-4-9-17-14(12-21-16-18-10-11-19(16)2)13-7-5-6-8-15(13)20-3/h5-8,10-11,14,17H,4,9,12H2,1-3H3. The number of para-hydroxylation sites is 1. The van der Waals surface area contributed by atoms with Crippen molar-refractivity contribution in [2.24, 2.45) is 7.05 Å². The molecule has 2 rings (SSSR count). The number of nitrogens with one attached hydrogen (secondary N) is 1. The number of ether oxygens (including phenoxy) is 1. The van der Waals surface area contributed by atoms with Gasteiger partial charge in [0.25, 0.3) is 0 Å². The predicted molar refractivity (Wildman–Crippen MR) is 88.0 cm³/mol. The van der Waals surface area contributed by atoms with Gasteiger partial charge in [-0.25, -0.2) is 4.98 Å². The van der Waals surface area contributed by atoms with Crippen molar-refractivity contribution in [1.29, 1.82) is 0 Å². The van der Waals surface area contributed by atoms with Gasteiger partial charge in [0.2, 0.25) is 0 Å². The van der Waals surface area contributed by atoms with Gasteiger partial charge in [-0.15, -0.1) is 0 Å². The molecule has 0 saturated heterocycles. The summed E-state index contributed by atoms with van der Waals surface area (Å²) >= 11 is 1.76. The van der Waals surface area contributed by atoms with Gasteiger partial charge in [0, 0.05) is 36.8 Å². The van der Waals surface area contributed by atoms with E-state index in [1.54, 1.807) is 18.9 Å². The van der Waals surface area contributed by atoms with Crippen molar-refractivity contribution in [3.63, 3.8) is 0 Å². The molecular weight excluding hydrogens is 282 g/mol. The number of nitrogens with zero attached hydrogens (tertiary/aromatic N) is 2. The monoisotopic (exact) mass is 305 g/mol. The Kier molecular flexibility index (Phi) is 6.14. The molecule has 0 amide bonds. The van der Waals surface area contributed by atoms with Crippen LogP contribution in [0.2, 0.25) is 0 Å². The third-order valence-corrected chi connectivity index (χ3v) is 4.46. The van der Waals surface area contributed by atoms with Gasteiger partial charge in [0.05, 0.1) is 7.11 Å². The molecule has 5 heteroatoms. The maximum Gasteiger partial charge on any atom is 0.167 e. The first-order valence-corrected chi connectivity index (χ1v) is 8.21. The molecule has 0 spiro atoms. The molecule has 0 saturated carbocycles. The molecule has 1 aromatic heterocycles. The second-order valence-corrected chi connectivity index (χ2v) is 5.87. The SMILES string of the molecule is CCCNC(CSc1nccn1C)c1ccccc1OC. The number of aromatic nitrogens is 2. The van der Waals surface area contributed by atoms with Gasteiger partial charge in [0.1, 0.15) is 5.75 Å². The Morgan fingerprint density at radius 1 is 1.38 bits per heavy atom. The van der Waals surface area contributed by atoms with E-state index in [0.29, 0.717) is 0 Å². The fourth-order valence-electron chi connectivity index (χ4n) is 2.18. The topological polar surface area (TPSA) is 39.1 Å². The van der Waals surface area contributed by atoms with E-state index in [1.165, 1.54) is 5.56 Å². The number of imidazole rings is 1. The highest BCUT2D eigenvalue weighted by molar-refractivity contribution is 7.99. The van der Waals surface area contributed by atoms with Crippen LogP contribution in [0, 0.1) is 0 Å². The smallest absolute Gasteiger partial charge is 0.167 e. The minimum atomic E-state index is 0.253. The summed E-state index contributed by atoms with van der Waals surface area (Å²) in [7, 11) is 3.74. The van der Waals surface area contributed by atoms with Crippen molar-refractivity contribution < 1.29 is 4.74 Å². The summed E-state index contributed by atoms with van der Waals surface area (Å²) in [6.45, 7) is 3.17. The van der Waals surface area contributed by atoms with Crippen molar-refractivity contribution in [3.8, 4) is 5.75 Å². The molecule has 1 heterocycles. The molecule has 1 aromatic carbocycles. The number of thioether (sulfide) groups is 1. The molecule has 114 valence electrons. The zero-order chi connectivity index (χ0) is 15.1. The van der Waals surface area contributed by atoms with E-state index < -0.39 is 0 Å². The third kappa shape index (κ3) is 4.25. The molecule has 0 aliphatic heterocycles. The second-order valence-electron chi connectivity index (χ2n) is 4.88. The van der Waals surface area contributed by atoms with Crippen LogP contribution in [0.15, 0.2) is 41.8 Å². The lowest BCUT2D eigenvalue weighted by atomic mass is 10.1. The average Bonchev–Trinajstić information content (AvgIpc) is 2.93. The highest BCUT2D eigenvalue weighted by Gasteiger charge is 2.16. The molecule has 1 atom stereocenters. The lowest BCUT2D eigenvalue weighted by Gasteiger charge is -2.20. The Morgan fingerprint density at radius 2 is 2.19 bits per heavy atom. The van der Waals surface area contributed by atoms with Gasteiger partial charge >= 0.3 is 0 Å². The zero-order valence-corrected chi connectivity index (χ0v) is 13.7. The van der Waals surface area contributed by atoms with Crippen LogP contribution in [-0.2, 0) is 7.05 Å². The Morgan fingerprint density at radius 3 is 2.86 bits per heavy atom. The fraction of sp³-hybridized carbons (Fsp3) is 0.438. The van der Waals surface area contributed by atoms with E-state index >= 15 is 0 Å². The van der Waals surface area contributed by atoms with Gasteiger partial charge in [-0.2, -0.15) is 0 Å². The molecule has 2 aromatic rings. The van der Waals surface area contributed by atoms with Crippen LogP contribution in [0.25, 0.3) is 0 Å². The number of benzene rings is 1. The summed E-state index contributed by atoms with van der Waals surface area (Å²) in [6.07, 6.45) is 4.92. The first kappa shape index (κ1) is 15.9. The normalized spacial score (nSPS) is 12.3. The van der Waals surface area contributed by atoms with Gasteiger partial charge in [-0.3, -0.25) is 0 Å². The van der Waals surface area contributed by atoms with Crippen LogP contribution in [0.3, 0.4) is 0 Å². The third-order valence-electron chi connectivity index (χ3n) is 3.31. The zero-order valence-electron chi connectivity index (χ0n) is 12.9. The Labute approximate surface area is 130 Å². The predicted octanol–water partition coefficient (Wildman–Crippen LogP) is 3.26. The van der Waals surface area contributed by atoms with Crippen LogP contribution in [-0.4, -0.2) is 29.0 Å². The minimum absolute atomic E-state index is 0.253. The lowest BCUT2D eigenvalue weighted by Crippen LogP contribution is -2.24. The summed E-state index contributed by atoms with van der Waals surface area (Å²) in [5.41, 5.74) is 1.20. The summed E-state index contributed by atoms with van der Waals surface area (Å²) < 4.78 is 7.54. The summed E-state index contributed by atoms with van der Waals surface area (Å²) in [5.74, 6) is 1.86. The highest BCUT2D eigenvalue weighted by atomic mass is 32.2. The summed E-state index contributed by atoms with van der Waals surface area (Å²) in [6, 6.07) is 8.46. The number of methoxy groups -OCH3 is 1. The van der Waals surface area contributed by atoms with Crippen LogP contribution < -0.4 is 10.1 Å². The quantitative estimate of drug-likeness (QED) is 0.760. The second kappa shape index (κ2) is 8.10. The van der Waals surface area contributed by atoms with Gasteiger partial charge in [0.15, 0.2) is 5.16 Å². The fourth-order valence-corrected chi connectivity index (χ4v) is 3.19. The van der Waals surface area contributed by atoms with E-state index in [-0.39, 0.29) is 6.04 Å². The van der Waals surface area contributed by atoms with Crippen LogP contribution in [0.1, 0.15) is 24.9 Å². The number of aryl methyl sites for hydroxylation is 1. The van der Waals surface area contributed by atoms with E-state index in [9.17, 15) is 0 Å². The van der Waals surface area contributed by atoms with Gasteiger partial charge < -0.3 is 14.6 Å². The van der Waals surface area contributed by atoms with Crippen LogP contribution in [0.4, 0.5) is 0 Å². The number of hydrogen-bond donors (Lipinski definition) is 1. The van der Waals surface area contributed by atoms with Crippen LogP contribution in [0.5, 0.6) is 5.75 Å². The summed E-state index contributed by atoms with van der Waals surface area (Å²) in [4.78, 5) is 4.37. The van der Waals surface area contributed by atoms with Crippen molar-refractivity contribution >= 4 is 11.8 Å². The molecule has 0 bridgehead atoms. The van der Waals surface area contributed by atoms with Crippen molar-refractivity contribution in [2.45, 2.75) is 24.5 Å². The Balaban J connectivity index is 2.12. The molecule has 0 aliphatic carbocycles. The van der Waals surface area contributed by atoms with Gasteiger partial charge in [-0.05, 0) is 19.0 Å². The first-order chi connectivity index (χ1) is 10.3. The summed E-state index contributed by atoms with van der Waals surface area (Å²) in [5, 5.41) is 4.64. The minimum Gasteiger partial charge on any atom is -0.496 e.